The maximum Gasteiger partial charge on any atom is 0.408 e. The number of nitrogens with one attached hydrogen (secondary N) is 1. The van der Waals surface area contributed by atoms with Crippen LogP contribution in [-0.2, 0) is 39.9 Å². The van der Waals surface area contributed by atoms with Gasteiger partial charge in [-0.2, -0.15) is 0 Å². The number of nitrogens with zero attached hydrogens (tertiary/aromatic N) is 4. The van der Waals surface area contributed by atoms with Gasteiger partial charge in [0.15, 0.2) is 6.23 Å². The lowest BCUT2D eigenvalue weighted by Gasteiger charge is -2.43. The Morgan fingerprint density at radius 2 is 1.19 bits per heavy atom. The summed E-state index contributed by atoms with van der Waals surface area (Å²) in [7, 11) is 0. The Balaban J connectivity index is -0.000000222. The zero-order valence-corrected chi connectivity index (χ0v) is 47.4. The van der Waals surface area contributed by atoms with Crippen LogP contribution in [0.5, 0.6) is 0 Å². The molecule has 3 aliphatic rings. The largest absolute Gasteiger partial charge is 0.463 e. The van der Waals surface area contributed by atoms with Crippen LogP contribution in [0.1, 0.15) is 133 Å². The third-order valence-electron chi connectivity index (χ3n) is 9.39. The Hall–Kier alpha value is -9.03. The molecule has 77 heavy (non-hydrogen) atoms. The van der Waals surface area contributed by atoms with E-state index in [9.17, 15) is 19.2 Å². The number of carbonyl (C=O) groups excluding carboxylic acids is 4. The lowest BCUT2D eigenvalue weighted by molar-refractivity contribution is -0.192. The van der Waals surface area contributed by atoms with Crippen molar-refractivity contribution in [2.75, 3.05) is 6.61 Å². The van der Waals surface area contributed by atoms with Gasteiger partial charge in [-0.05, 0) is 178 Å². The fourth-order valence-electron chi connectivity index (χ4n) is 5.95. The topological polar surface area (TPSA) is 151 Å². The lowest BCUT2D eigenvalue weighted by atomic mass is 9.78. The molecular weight excluding hydrogens is 987 g/mol. The van der Waals surface area contributed by atoms with Crippen molar-refractivity contribution in [3.05, 3.63) is 11.9 Å². The van der Waals surface area contributed by atoms with Crippen molar-refractivity contribution in [3.63, 3.8) is 0 Å². The van der Waals surface area contributed by atoms with Gasteiger partial charge in [-0.25, -0.2) is 14.3 Å². The van der Waals surface area contributed by atoms with Crippen molar-refractivity contribution in [1.82, 2.24) is 25.2 Å². The quantitative estimate of drug-likeness (QED) is 0.122. The first-order valence-corrected chi connectivity index (χ1v) is 23.8. The molecule has 0 radical (unpaired) electrons. The molecule has 408 valence electrons. The molecule has 4 heterocycles. The molecule has 14 heteroatoms. The van der Waals surface area contributed by atoms with Gasteiger partial charge in [0.05, 0.1) is 12.3 Å². The van der Waals surface area contributed by atoms with Gasteiger partial charge in [-0.15, -0.1) is 79.6 Å². The number of carbonyl (C=O) groups is 4. The summed E-state index contributed by atoms with van der Waals surface area (Å²) >= 11 is 1.43. The predicted molar refractivity (Wildman–Crippen MR) is 314 cm³/mol. The second-order valence-electron chi connectivity index (χ2n) is 16.2. The summed E-state index contributed by atoms with van der Waals surface area (Å²) in [5.74, 6) is 50.1. The van der Waals surface area contributed by atoms with Crippen LogP contribution in [0.4, 0.5) is 4.79 Å². The summed E-state index contributed by atoms with van der Waals surface area (Å²) in [6, 6.07) is -1.61. The molecule has 0 spiro atoms. The summed E-state index contributed by atoms with van der Waals surface area (Å²) in [6.07, 6.45) is 31.7. The van der Waals surface area contributed by atoms with E-state index in [2.05, 4.69) is 180 Å². The molecule has 1 N–H and O–H groups in total. The summed E-state index contributed by atoms with van der Waals surface area (Å²) in [5.41, 5.74) is -0.271. The van der Waals surface area contributed by atoms with E-state index in [-0.39, 0.29) is 59.2 Å². The Kier molecular flexibility index (Phi) is 45.5. The summed E-state index contributed by atoms with van der Waals surface area (Å²) in [5, 5.41) is 10.6. The molecule has 1 aromatic heterocycles. The number of fused-ring (bicyclic) bond motifs is 1. The fourth-order valence-corrected chi connectivity index (χ4v) is 7.57. The minimum atomic E-state index is -0.831. The Morgan fingerprint density at radius 1 is 0.740 bits per heavy atom. The molecular formula is C63H77N5O8S. The van der Waals surface area contributed by atoms with Crippen molar-refractivity contribution in [2.24, 2.45) is 17.8 Å². The summed E-state index contributed by atoms with van der Waals surface area (Å²) < 4.78 is 23.3. The van der Waals surface area contributed by atoms with Gasteiger partial charge in [0.2, 0.25) is 5.91 Å². The fraction of sp³-hybridized carbons (Fsp3) is 0.460. The van der Waals surface area contributed by atoms with Crippen molar-refractivity contribution in [1.29, 1.82) is 0 Å². The molecule has 1 aromatic rings. The van der Waals surface area contributed by atoms with E-state index in [1.165, 1.54) is 23.6 Å². The third kappa shape index (κ3) is 32.7. The van der Waals surface area contributed by atoms with Crippen molar-refractivity contribution >= 4 is 35.7 Å². The number of hydrogen-bond donors (Lipinski definition) is 1. The highest BCUT2D eigenvalue weighted by molar-refractivity contribution is 8.01. The van der Waals surface area contributed by atoms with Gasteiger partial charge < -0.3 is 29.2 Å². The smallest absolute Gasteiger partial charge is 0.408 e. The first-order chi connectivity index (χ1) is 36.0. The van der Waals surface area contributed by atoms with Crippen LogP contribution >= 0.6 is 11.8 Å². The third-order valence-corrected chi connectivity index (χ3v) is 11.0. The van der Waals surface area contributed by atoms with Gasteiger partial charge in [0.1, 0.15) is 42.0 Å². The summed E-state index contributed by atoms with van der Waals surface area (Å²) in [4.78, 5) is 51.2. The maximum absolute atomic E-state index is 13.2. The molecule has 3 fully saturated rings. The number of amides is 2. The molecule has 0 saturated carbocycles. The SMILES string of the molecule is C.C#C.C#CC.C#CC#CC.C#CC#CC#C.C#CC#CC#CC.CC#CC.CC#CC#CC#CC.CC(=O)OC[C@H]1O[C@@H](n2cc(COC(=O)[C@@H]3N4C(=O)[C@@H](NC(=O)OC(C)(C)C)[C@H]4SC3(C)C)nn2)[C@H](C)[C@@H](C)[C@@H]1C.[HH].[HH]. The molecule has 3 aliphatic heterocycles. The average molecular weight is 1060 g/mol. The van der Waals surface area contributed by atoms with E-state index in [0.717, 1.165) is 0 Å². The van der Waals surface area contributed by atoms with Crippen LogP contribution in [0.3, 0.4) is 0 Å². The van der Waals surface area contributed by atoms with Crippen molar-refractivity contribution in [2.45, 2.75) is 165 Å². The molecule has 0 aromatic carbocycles. The van der Waals surface area contributed by atoms with Crippen LogP contribution in [-0.4, -0.2) is 84.3 Å². The van der Waals surface area contributed by atoms with Gasteiger partial charge in [-0.3, -0.25) is 9.59 Å². The number of thioether (sulfide) groups is 1. The lowest BCUT2D eigenvalue weighted by Crippen LogP contribution is -2.70. The van der Waals surface area contributed by atoms with E-state index in [1.807, 2.05) is 27.7 Å². The van der Waals surface area contributed by atoms with Crippen molar-refractivity contribution < 1.29 is 41.0 Å². The summed E-state index contributed by atoms with van der Waals surface area (Å²) in [6.45, 7) is 28.8. The zero-order valence-electron chi connectivity index (χ0n) is 46.6. The van der Waals surface area contributed by atoms with E-state index in [1.54, 1.807) is 66.3 Å². The van der Waals surface area contributed by atoms with Crippen LogP contribution in [0.25, 0.3) is 0 Å². The van der Waals surface area contributed by atoms with Gasteiger partial charge >= 0.3 is 18.0 Å². The van der Waals surface area contributed by atoms with Gasteiger partial charge in [-0.1, -0.05) is 57.1 Å². The molecule has 4 rings (SSSR count). The number of alkyl carbamates (subject to hydrolysis) is 1. The van der Waals surface area contributed by atoms with Crippen LogP contribution in [0.15, 0.2) is 6.20 Å². The average Bonchev–Trinajstić information content (AvgIpc) is 3.96. The normalized spacial score (nSPS) is 18.8. The molecule has 0 aliphatic carbocycles. The second-order valence-corrected chi connectivity index (χ2v) is 18.0. The van der Waals surface area contributed by atoms with E-state index in [4.69, 9.17) is 44.6 Å². The highest BCUT2D eigenvalue weighted by Crippen LogP contribution is 2.51. The van der Waals surface area contributed by atoms with Crippen molar-refractivity contribution in [3.8, 4) is 169 Å². The van der Waals surface area contributed by atoms with E-state index in [0.29, 0.717) is 5.69 Å². The highest BCUT2D eigenvalue weighted by atomic mass is 32.2. The van der Waals surface area contributed by atoms with Crippen LogP contribution in [0, 0.1) is 187 Å². The number of aromatic nitrogens is 3. The number of ether oxygens (including phenoxy) is 4. The predicted octanol–water partition coefficient (Wildman–Crippen LogP) is 8.27. The number of hydrogen-bond acceptors (Lipinski definition) is 11. The zero-order chi connectivity index (χ0) is 59.3. The van der Waals surface area contributed by atoms with Crippen LogP contribution < -0.4 is 5.32 Å². The van der Waals surface area contributed by atoms with E-state index >= 15 is 0 Å². The molecule has 0 unspecified atom stereocenters. The Bertz CT molecular complexity index is 2790. The minimum absolute atomic E-state index is 0. The maximum atomic E-state index is 13.2. The molecule has 0 bridgehead atoms. The van der Waals surface area contributed by atoms with Crippen LogP contribution in [0.2, 0.25) is 0 Å². The number of terminal acetylenes is 6. The Morgan fingerprint density at radius 3 is 1.60 bits per heavy atom. The molecule has 8 atom stereocenters. The van der Waals surface area contributed by atoms with Gasteiger partial charge in [0.25, 0.3) is 0 Å². The molecule has 3 saturated heterocycles. The molecule has 13 nitrogen and oxygen atoms in total. The highest BCUT2D eigenvalue weighted by Gasteiger charge is 2.64. The standard InChI is InChI=1S/C27H41N5O8S.C8H6.C7H4.C6H2.C5H4.C4H6.C3H4.C2H2.CH4.2H2/c1-13-14(2)18(12-37-16(4)33)39-22(15(13)3)31-10-17(29-30-31)11-38-24(35)20-27(8,9)41-23-19(21(34)32(20)23)28-25(36)40-26(5,6)7;1-3-5-7-8-6-4-2;1-3-5-7-6-4-2;1-3-5-6-4-2;1-3-5-4-2;1-3-4-2;1-3-2;1-2;;;/h10,13-15,18-20,22-23H,11-12H2,1-9H3,(H,28,36);1-2H3;1H,2H3;1-2H;1H,2H3;1-2H3;1H,2H3;1-2H;1H4;2*1H/t13-,14-,15+,18+,19+,20-,22+,23+;;;;;;;;;;/m0........../s1. The van der Waals surface area contributed by atoms with E-state index < -0.39 is 46.1 Å². The second kappa shape index (κ2) is 45.6. The first-order valence-electron chi connectivity index (χ1n) is 22.9. The first kappa shape index (κ1) is 76.9. The number of rotatable bonds is 7. The number of β-lactam (4-membered cyclic amide) rings is 1. The molecule has 2 amide bonds. The van der Waals surface area contributed by atoms with Gasteiger partial charge in [0, 0.05) is 20.4 Å². The monoisotopic (exact) mass is 1060 g/mol. The Labute approximate surface area is 470 Å². The number of esters is 2. The minimum Gasteiger partial charge on any atom is -0.463 e.